The molecule has 0 amide bonds. The summed E-state index contributed by atoms with van der Waals surface area (Å²) in [6.45, 7) is 0. The van der Waals surface area contributed by atoms with Crippen molar-refractivity contribution in [2.75, 3.05) is 5.33 Å². The first-order valence-electron chi connectivity index (χ1n) is 4.40. The quantitative estimate of drug-likeness (QED) is 0.683. The van der Waals surface area contributed by atoms with Crippen LogP contribution in [0.15, 0.2) is 23.0 Å². The van der Waals surface area contributed by atoms with Crippen LogP contribution in [0.5, 0.6) is 0 Å². The van der Waals surface area contributed by atoms with Gasteiger partial charge in [-0.1, -0.05) is 27.5 Å². The number of ketones is 1. The van der Waals surface area contributed by atoms with E-state index in [1.54, 1.807) is 12.1 Å². The molecule has 0 aliphatic rings. The molecule has 1 N–H and O–H groups in total. The van der Waals surface area contributed by atoms with E-state index in [0.29, 0.717) is 15.9 Å². The van der Waals surface area contributed by atoms with Crippen molar-refractivity contribution in [1.29, 1.82) is 0 Å². The minimum atomic E-state index is -0.402. The van der Waals surface area contributed by atoms with Crippen molar-refractivity contribution in [3.63, 3.8) is 0 Å². The molecular formula is C10H6BrClN2O2. The van der Waals surface area contributed by atoms with Crippen LogP contribution in [0.3, 0.4) is 0 Å². The number of nitrogens with zero attached hydrogens (tertiary/aromatic N) is 1. The molecular weight excluding hydrogens is 295 g/mol. The Labute approximate surface area is 104 Å². The molecule has 1 heterocycles. The molecule has 0 bridgehead atoms. The number of halogens is 2. The van der Waals surface area contributed by atoms with Gasteiger partial charge in [-0.05, 0) is 18.2 Å². The maximum absolute atomic E-state index is 11.9. The van der Waals surface area contributed by atoms with Crippen LogP contribution in [0, 0.1) is 0 Å². The molecule has 0 atom stereocenters. The topological polar surface area (TPSA) is 62.8 Å². The summed E-state index contributed by atoms with van der Waals surface area (Å²) in [5, 5.41) is 7.28. The predicted molar refractivity (Wildman–Crippen MR) is 65.5 cm³/mol. The molecule has 1 aromatic heterocycles. The maximum atomic E-state index is 11.9. The van der Waals surface area contributed by atoms with Gasteiger partial charge in [0.15, 0.2) is 11.5 Å². The number of aromatic nitrogens is 2. The number of carbonyl (C=O) groups is 1. The Hall–Kier alpha value is -1.20. The van der Waals surface area contributed by atoms with Gasteiger partial charge in [-0.15, -0.1) is 0 Å². The molecule has 0 spiro atoms. The Morgan fingerprint density at radius 2 is 2.25 bits per heavy atom. The van der Waals surface area contributed by atoms with Gasteiger partial charge in [-0.3, -0.25) is 14.7 Å². The van der Waals surface area contributed by atoms with Crippen LogP contribution in [0.1, 0.15) is 10.5 Å². The molecule has 4 nitrogen and oxygen atoms in total. The van der Waals surface area contributed by atoms with Gasteiger partial charge in [-0.2, -0.15) is 5.10 Å². The highest BCUT2D eigenvalue weighted by atomic mass is 79.9. The molecule has 0 aliphatic carbocycles. The van der Waals surface area contributed by atoms with Crippen molar-refractivity contribution in [2.24, 2.45) is 0 Å². The number of aromatic amines is 1. The molecule has 0 unspecified atom stereocenters. The van der Waals surface area contributed by atoms with E-state index in [9.17, 15) is 9.59 Å². The van der Waals surface area contributed by atoms with Crippen LogP contribution in [-0.4, -0.2) is 21.3 Å². The molecule has 2 rings (SSSR count). The molecule has 6 heteroatoms. The minimum absolute atomic E-state index is 0.0646. The monoisotopic (exact) mass is 300 g/mol. The van der Waals surface area contributed by atoms with E-state index < -0.39 is 5.43 Å². The zero-order valence-electron chi connectivity index (χ0n) is 7.96. The summed E-state index contributed by atoms with van der Waals surface area (Å²) in [4.78, 5) is 23.3. The summed E-state index contributed by atoms with van der Waals surface area (Å²) in [5.74, 6) is -0.358. The molecule has 2 aromatic rings. The second-order valence-electron chi connectivity index (χ2n) is 3.15. The average Bonchev–Trinajstić information content (AvgIpc) is 2.29. The van der Waals surface area contributed by atoms with E-state index in [4.69, 9.17) is 11.6 Å². The number of carbonyl (C=O) groups excluding carboxylic acids is 1. The molecule has 16 heavy (non-hydrogen) atoms. The zero-order chi connectivity index (χ0) is 11.7. The van der Waals surface area contributed by atoms with Crippen molar-refractivity contribution >= 4 is 44.2 Å². The van der Waals surface area contributed by atoms with Crippen LogP contribution in [-0.2, 0) is 0 Å². The standard InChI is InChI=1S/C10H6BrClN2O2/c11-4-8(15)9-10(16)6-3-5(12)1-2-7(6)13-14-9/h1-3H,4H2,(H,13,16). The summed E-state index contributed by atoms with van der Waals surface area (Å²) >= 11 is 8.78. The fourth-order valence-electron chi connectivity index (χ4n) is 1.35. The van der Waals surface area contributed by atoms with Crippen molar-refractivity contribution < 1.29 is 4.79 Å². The second-order valence-corrected chi connectivity index (χ2v) is 4.15. The zero-order valence-corrected chi connectivity index (χ0v) is 10.3. The molecule has 1 aromatic carbocycles. The number of hydrogen-bond acceptors (Lipinski definition) is 3. The summed E-state index contributed by atoms with van der Waals surface area (Å²) < 4.78 is 0. The number of hydrogen-bond donors (Lipinski definition) is 1. The fourth-order valence-corrected chi connectivity index (χ4v) is 1.79. The van der Waals surface area contributed by atoms with Crippen LogP contribution in [0.2, 0.25) is 5.02 Å². The summed E-state index contributed by atoms with van der Waals surface area (Å²) in [6.07, 6.45) is 0. The number of rotatable bonds is 2. The predicted octanol–water partition coefficient (Wildman–Crippen LogP) is 2.15. The Morgan fingerprint density at radius 3 is 2.94 bits per heavy atom. The number of fused-ring (bicyclic) bond motifs is 1. The van der Waals surface area contributed by atoms with Gasteiger partial charge < -0.3 is 0 Å². The normalized spacial score (nSPS) is 10.6. The van der Waals surface area contributed by atoms with Gasteiger partial charge in [0.1, 0.15) is 0 Å². The van der Waals surface area contributed by atoms with E-state index >= 15 is 0 Å². The van der Waals surface area contributed by atoms with Gasteiger partial charge in [0.05, 0.1) is 16.2 Å². The van der Waals surface area contributed by atoms with Crippen LogP contribution < -0.4 is 5.43 Å². The molecule has 0 fully saturated rings. The van der Waals surface area contributed by atoms with Crippen molar-refractivity contribution in [1.82, 2.24) is 10.2 Å². The maximum Gasteiger partial charge on any atom is 0.219 e. The largest absolute Gasteiger partial charge is 0.291 e. The lowest BCUT2D eigenvalue weighted by atomic mass is 10.2. The van der Waals surface area contributed by atoms with Gasteiger partial charge in [0.2, 0.25) is 5.43 Å². The number of Topliss-reactive ketones (excluding diaryl/α,β-unsaturated/α-hetero) is 1. The highest BCUT2D eigenvalue weighted by Gasteiger charge is 2.13. The first-order chi connectivity index (χ1) is 7.63. The lowest BCUT2D eigenvalue weighted by molar-refractivity contribution is 0.101. The Kier molecular flexibility index (Phi) is 3.07. The third-order valence-electron chi connectivity index (χ3n) is 2.11. The van der Waals surface area contributed by atoms with Crippen molar-refractivity contribution in [3.8, 4) is 0 Å². The Morgan fingerprint density at radius 1 is 1.50 bits per heavy atom. The molecule has 0 aliphatic heterocycles. The summed E-state index contributed by atoms with van der Waals surface area (Å²) in [5.41, 5.74) is 0.0489. The van der Waals surface area contributed by atoms with E-state index in [0.717, 1.165) is 0 Å². The van der Waals surface area contributed by atoms with Crippen molar-refractivity contribution in [2.45, 2.75) is 0 Å². The third-order valence-corrected chi connectivity index (χ3v) is 2.86. The number of H-pyrrole nitrogens is 1. The number of nitrogens with one attached hydrogen (secondary N) is 1. The first kappa shape index (κ1) is 11.3. The van der Waals surface area contributed by atoms with Gasteiger partial charge >= 0.3 is 0 Å². The van der Waals surface area contributed by atoms with Crippen LogP contribution in [0.25, 0.3) is 10.9 Å². The lowest BCUT2D eigenvalue weighted by Gasteiger charge is -2.00. The summed E-state index contributed by atoms with van der Waals surface area (Å²) in [6, 6.07) is 4.81. The molecule has 82 valence electrons. The summed E-state index contributed by atoms with van der Waals surface area (Å²) in [7, 11) is 0. The fraction of sp³-hybridized carbons (Fsp3) is 0.100. The van der Waals surface area contributed by atoms with Gasteiger partial charge in [-0.25, -0.2) is 0 Å². The van der Waals surface area contributed by atoms with E-state index in [1.807, 2.05) is 0 Å². The second kappa shape index (κ2) is 4.35. The minimum Gasteiger partial charge on any atom is -0.291 e. The Balaban J connectivity index is 2.78. The number of alkyl halides is 1. The molecule has 0 saturated carbocycles. The van der Waals surface area contributed by atoms with Crippen LogP contribution in [0.4, 0.5) is 0 Å². The molecule has 0 radical (unpaired) electrons. The first-order valence-corrected chi connectivity index (χ1v) is 5.90. The van der Waals surface area contributed by atoms with E-state index in [-0.39, 0.29) is 16.8 Å². The average molecular weight is 302 g/mol. The third kappa shape index (κ3) is 1.88. The lowest BCUT2D eigenvalue weighted by Crippen LogP contribution is -2.19. The molecule has 0 saturated heterocycles. The van der Waals surface area contributed by atoms with Gasteiger partial charge in [0, 0.05) is 5.02 Å². The van der Waals surface area contributed by atoms with Crippen LogP contribution >= 0.6 is 27.5 Å². The van der Waals surface area contributed by atoms with Crippen molar-refractivity contribution in [3.05, 3.63) is 39.1 Å². The highest BCUT2D eigenvalue weighted by molar-refractivity contribution is 9.09. The Bertz CT molecular complexity index is 624. The van der Waals surface area contributed by atoms with E-state index in [2.05, 4.69) is 26.1 Å². The number of benzene rings is 1. The smallest absolute Gasteiger partial charge is 0.219 e. The van der Waals surface area contributed by atoms with Gasteiger partial charge in [0.25, 0.3) is 0 Å². The highest BCUT2D eigenvalue weighted by Crippen LogP contribution is 2.14. The SMILES string of the molecule is O=C(CBr)c1n[nH]c2ccc(Cl)cc2c1=O. The van der Waals surface area contributed by atoms with E-state index in [1.165, 1.54) is 6.07 Å².